The number of hydrazine groups is 1. The molecule has 25 heavy (non-hydrogen) atoms. The Morgan fingerprint density at radius 1 is 1.08 bits per heavy atom. The Morgan fingerprint density at radius 3 is 2.68 bits per heavy atom. The molecule has 1 heterocycles. The maximum atomic E-state index is 12.7. The highest BCUT2D eigenvalue weighted by atomic mass is 35.5. The molecule has 5 heteroatoms. The number of benzene rings is 1. The van der Waals surface area contributed by atoms with Crippen molar-refractivity contribution in [3.8, 4) is 0 Å². The van der Waals surface area contributed by atoms with Gasteiger partial charge >= 0.3 is 0 Å². The number of hydrogen-bond donors (Lipinski definition) is 0. The summed E-state index contributed by atoms with van der Waals surface area (Å²) in [6.07, 6.45) is 6.59. The van der Waals surface area contributed by atoms with Crippen molar-refractivity contribution < 1.29 is 4.79 Å². The first kappa shape index (κ1) is 16.4. The van der Waals surface area contributed by atoms with Crippen molar-refractivity contribution in [1.82, 2.24) is 10.0 Å². The third-order valence-corrected chi connectivity index (χ3v) is 7.93. The predicted molar refractivity (Wildman–Crippen MR) is 99.1 cm³/mol. The molecule has 2 bridgehead atoms. The molecular weight excluding hydrogens is 355 g/mol. The summed E-state index contributed by atoms with van der Waals surface area (Å²) in [6.45, 7) is 2.69. The van der Waals surface area contributed by atoms with Crippen LogP contribution in [0.1, 0.15) is 44.6 Å². The van der Waals surface area contributed by atoms with Crippen molar-refractivity contribution in [1.29, 1.82) is 0 Å². The van der Waals surface area contributed by atoms with Gasteiger partial charge in [-0.05, 0) is 80.4 Å². The van der Waals surface area contributed by atoms with Gasteiger partial charge in [-0.25, -0.2) is 5.01 Å². The lowest BCUT2D eigenvalue weighted by atomic mass is 9.64. The van der Waals surface area contributed by atoms with Crippen LogP contribution in [-0.4, -0.2) is 28.0 Å². The van der Waals surface area contributed by atoms with Crippen molar-refractivity contribution in [2.75, 3.05) is 0 Å². The quantitative estimate of drug-likeness (QED) is 0.756. The summed E-state index contributed by atoms with van der Waals surface area (Å²) in [5.74, 6) is 3.83. The Bertz CT molecular complexity index is 724. The number of carbonyl (C=O) groups excluding carboxylic acids is 1. The molecule has 3 aliphatic carbocycles. The van der Waals surface area contributed by atoms with Crippen LogP contribution < -0.4 is 0 Å². The van der Waals surface area contributed by atoms with Gasteiger partial charge in [-0.15, -0.1) is 0 Å². The highest BCUT2D eigenvalue weighted by Crippen LogP contribution is 2.59. The van der Waals surface area contributed by atoms with Crippen LogP contribution in [-0.2, 0) is 11.3 Å². The molecular formula is C20H24Cl2N2O. The van der Waals surface area contributed by atoms with Gasteiger partial charge in [0.25, 0.3) is 5.91 Å². The number of rotatable bonds is 3. The fourth-order valence-corrected chi connectivity index (χ4v) is 6.44. The number of carbonyl (C=O) groups is 1. The normalized spacial score (nSPS) is 39.8. The van der Waals surface area contributed by atoms with Gasteiger partial charge < -0.3 is 0 Å². The maximum absolute atomic E-state index is 12.7. The largest absolute Gasteiger partial charge is 0.272 e. The Balaban J connectivity index is 1.37. The number of halogens is 2. The van der Waals surface area contributed by atoms with E-state index in [1.54, 1.807) is 6.07 Å². The summed E-state index contributed by atoms with van der Waals surface area (Å²) in [5.41, 5.74) is 1.04. The predicted octanol–water partition coefficient (Wildman–Crippen LogP) is 4.77. The van der Waals surface area contributed by atoms with Gasteiger partial charge in [-0.3, -0.25) is 9.80 Å². The van der Waals surface area contributed by atoms with E-state index in [9.17, 15) is 4.79 Å². The van der Waals surface area contributed by atoms with E-state index >= 15 is 0 Å². The fraction of sp³-hybridized carbons (Fsp3) is 0.650. The van der Waals surface area contributed by atoms with E-state index in [-0.39, 0.29) is 11.9 Å². The molecule has 1 saturated heterocycles. The summed E-state index contributed by atoms with van der Waals surface area (Å²) in [5, 5.41) is 5.65. The van der Waals surface area contributed by atoms with Gasteiger partial charge in [0.05, 0.1) is 6.04 Å². The maximum Gasteiger partial charge on any atom is 0.256 e. The van der Waals surface area contributed by atoms with Crippen LogP contribution in [0.15, 0.2) is 18.2 Å². The minimum absolute atomic E-state index is 0.0540. The van der Waals surface area contributed by atoms with E-state index in [1.807, 2.05) is 19.1 Å². The molecule has 1 aromatic rings. The van der Waals surface area contributed by atoms with Crippen LogP contribution in [0.3, 0.4) is 0 Å². The summed E-state index contributed by atoms with van der Waals surface area (Å²) in [6, 6.07) is 5.98. The minimum atomic E-state index is -0.0540. The standard InChI is InChI=1S/C20H24Cl2N2O/c1-11-20(25)24(23(11)10-13-2-4-16(21)9-18(13)22)19-5-3-12-6-14-7-15(19)8-17(12)14/h2,4,9,11-12,14-15,17,19H,3,5-8,10H2,1H3. The third kappa shape index (κ3) is 2.46. The van der Waals surface area contributed by atoms with Gasteiger partial charge in [0.15, 0.2) is 0 Å². The van der Waals surface area contributed by atoms with Crippen LogP contribution in [0.5, 0.6) is 0 Å². The lowest BCUT2D eigenvalue weighted by molar-refractivity contribution is -0.211. The molecule has 0 spiro atoms. The zero-order valence-electron chi connectivity index (χ0n) is 14.5. The molecule has 0 aromatic heterocycles. The number of fused-ring (bicyclic) bond motifs is 1. The van der Waals surface area contributed by atoms with E-state index in [0.29, 0.717) is 28.5 Å². The molecule has 1 aliphatic heterocycles. The van der Waals surface area contributed by atoms with Gasteiger partial charge in [0, 0.05) is 16.6 Å². The molecule has 134 valence electrons. The van der Waals surface area contributed by atoms with Crippen molar-refractivity contribution in [3.63, 3.8) is 0 Å². The summed E-state index contributed by atoms with van der Waals surface area (Å²) in [7, 11) is 0. The summed E-state index contributed by atoms with van der Waals surface area (Å²) < 4.78 is 0. The van der Waals surface area contributed by atoms with Crippen molar-refractivity contribution in [2.45, 2.75) is 57.7 Å². The van der Waals surface area contributed by atoms with Crippen LogP contribution in [0, 0.1) is 23.7 Å². The Labute approximate surface area is 159 Å². The Morgan fingerprint density at radius 2 is 1.88 bits per heavy atom. The highest BCUT2D eigenvalue weighted by molar-refractivity contribution is 6.35. The second-order valence-electron chi connectivity index (χ2n) is 8.49. The lowest BCUT2D eigenvalue weighted by Gasteiger charge is -2.54. The molecule has 1 aromatic carbocycles. The first-order valence-corrected chi connectivity index (χ1v) is 10.3. The van der Waals surface area contributed by atoms with Gasteiger partial charge in [0.2, 0.25) is 0 Å². The third-order valence-electron chi connectivity index (χ3n) is 7.34. The van der Waals surface area contributed by atoms with Crippen molar-refractivity contribution in [3.05, 3.63) is 33.8 Å². The van der Waals surface area contributed by atoms with Crippen molar-refractivity contribution in [2.24, 2.45) is 23.7 Å². The summed E-state index contributed by atoms with van der Waals surface area (Å²) >= 11 is 12.4. The zero-order chi connectivity index (χ0) is 17.3. The zero-order valence-corrected chi connectivity index (χ0v) is 16.0. The smallest absolute Gasteiger partial charge is 0.256 e. The second kappa shape index (κ2) is 5.87. The van der Waals surface area contributed by atoms with Gasteiger partial charge in [-0.2, -0.15) is 0 Å². The number of amides is 1. The van der Waals surface area contributed by atoms with Crippen LogP contribution >= 0.6 is 23.2 Å². The molecule has 0 radical (unpaired) electrons. The average molecular weight is 379 g/mol. The molecule has 3 saturated carbocycles. The molecule has 0 N–H and O–H groups in total. The average Bonchev–Trinajstić information content (AvgIpc) is 2.82. The van der Waals surface area contributed by atoms with Crippen LogP contribution in [0.2, 0.25) is 10.0 Å². The van der Waals surface area contributed by atoms with Crippen molar-refractivity contribution >= 4 is 29.1 Å². The molecule has 4 fully saturated rings. The minimum Gasteiger partial charge on any atom is -0.272 e. The molecule has 4 aliphatic rings. The van der Waals surface area contributed by atoms with E-state index < -0.39 is 0 Å². The Hall–Kier alpha value is -0.770. The topological polar surface area (TPSA) is 23.6 Å². The monoisotopic (exact) mass is 378 g/mol. The molecule has 6 atom stereocenters. The van der Waals surface area contributed by atoms with E-state index in [2.05, 4.69) is 10.0 Å². The number of nitrogens with zero attached hydrogens (tertiary/aromatic N) is 2. The molecule has 6 unspecified atom stereocenters. The van der Waals surface area contributed by atoms with E-state index in [4.69, 9.17) is 23.2 Å². The number of hydrogen-bond acceptors (Lipinski definition) is 2. The van der Waals surface area contributed by atoms with E-state index in [0.717, 1.165) is 23.3 Å². The van der Waals surface area contributed by atoms with Crippen LogP contribution in [0.4, 0.5) is 0 Å². The Kier molecular flexibility index (Phi) is 3.85. The van der Waals surface area contributed by atoms with Gasteiger partial charge in [-0.1, -0.05) is 29.3 Å². The fourth-order valence-electron chi connectivity index (χ4n) is 5.97. The second-order valence-corrected chi connectivity index (χ2v) is 9.33. The lowest BCUT2D eigenvalue weighted by Crippen LogP contribution is -2.70. The van der Waals surface area contributed by atoms with Gasteiger partial charge in [0.1, 0.15) is 6.04 Å². The first-order chi connectivity index (χ1) is 12.0. The van der Waals surface area contributed by atoms with E-state index in [1.165, 1.54) is 32.1 Å². The SMILES string of the molecule is CC1C(=O)N(C2CCC3CC4CC2CC34)N1Cc1ccc(Cl)cc1Cl. The summed E-state index contributed by atoms with van der Waals surface area (Å²) in [4.78, 5) is 12.7. The molecule has 3 nitrogen and oxygen atoms in total. The van der Waals surface area contributed by atoms with Crippen LogP contribution in [0.25, 0.3) is 0 Å². The first-order valence-electron chi connectivity index (χ1n) is 9.56. The highest BCUT2D eigenvalue weighted by Gasteiger charge is 2.56. The molecule has 5 rings (SSSR count). The molecule has 1 amide bonds.